The monoisotopic (exact) mass is 393 g/mol. The van der Waals surface area contributed by atoms with E-state index in [1.165, 1.54) is 11.9 Å². The molecule has 0 fully saturated rings. The Labute approximate surface area is 164 Å². The van der Waals surface area contributed by atoms with Gasteiger partial charge in [0.25, 0.3) is 5.91 Å². The molecule has 140 valence electrons. The van der Waals surface area contributed by atoms with Gasteiger partial charge in [0.2, 0.25) is 0 Å². The first-order chi connectivity index (χ1) is 13.7. The summed E-state index contributed by atoms with van der Waals surface area (Å²) in [6.45, 7) is 0.573. The van der Waals surface area contributed by atoms with Crippen LogP contribution in [0.2, 0.25) is 0 Å². The zero-order valence-corrected chi connectivity index (χ0v) is 15.3. The van der Waals surface area contributed by atoms with E-state index in [2.05, 4.69) is 25.7 Å². The van der Waals surface area contributed by atoms with E-state index >= 15 is 0 Å². The van der Waals surface area contributed by atoms with Crippen LogP contribution in [0.5, 0.6) is 0 Å². The Morgan fingerprint density at radius 3 is 2.82 bits per heavy atom. The zero-order chi connectivity index (χ0) is 19.3. The molecule has 2 heterocycles. The number of rotatable bonds is 7. The van der Waals surface area contributed by atoms with Gasteiger partial charge < -0.3 is 9.73 Å². The minimum absolute atomic E-state index is 0.219. The van der Waals surface area contributed by atoms with Crippen LogP contribution >= 0.6 is 11.9 Å². The van der Waals surface area contributed by atoms with Crippen molar-refractivity contribution in [3.05, 3.63) is 77.1 Å². The molecule has 1 amide bonds. The maximum absolute atomic E-state index is 12.3. The van der Waals surface area contributed by atoms with Crippen molar-refractivity contribution in [2.75, 3.05) is 10.7 Å². The first-order valence-corrected chi connectivity index (χ1v) is 9.20. The number of hydrogen-bond donors (Lipinski definition) is 3. The summed E-state index contributed by atoms with van der Waals surface area (Å²) in [7, 11) is 0. The van der Waals surface area contributed by atoms with E-state index < -0.39 is 0 Å². The average molecular weight is 393 g/mol. The van der Waals surface area contributed by atoms with Gasteiger partial charge in [0.05, 0.1) is 24.2 Å². The first-order valence-electron chi connectivity index (χ1n) is 8.38. The molecule has 1 aliphatic rings. The summed E-state index contributed by atoms with van der Waals surface area (Å²) in [5, 5.41) is 9.92. The van der Waals surface area contributed by atoms with Crippen molar-refractivity contribution in [1.29, 1.82) is 0 Å². The van der Waals surface area contributed by atoms with Gasteiger partial charge in [-0.15, -0.1) is 4.91 Å². The molecular weight excluding hydrogens is 378 g/mol. The van der Waals surface area contributed by atoms with Gasteiger partial charge in [0, 0.05) is 10.5 Å². The zero-order valence-electron chi connectivity index (χ0n) is 14.5. The Morgan fingerprint density at radius 1 is 1.11 bits per heavy atom. The van der Waals surface area contributed by atoms with Crippen LogP contribution in [0, 0.1) is 4.91 Å². The number of carbonyl (C=O) groups is 1. The second-order valence-electron chi connectivity index (χ2n) is 5.84. The number of hydrogen-bond acceptors (Lipinski definition) is 8. The molecule has 4 rings (SSSR count). The van der Waals surface area contributed by atoms with Crippen molar-refractivity contribution in [3.63, 3.8) is 0 Å². The maximum Gasteiger partial charge on any atom is 0.276 e. The van der Waals surface area contributed by atoms with E-state index in [-0.39, 0.29) is 17.3 Å². The number of benzene rings is 2. The Hall–Kier alpha value is -3.43. The molecule has 1 aliphatic heterocycles. The predicted octanol–water partition coefficient (Wildman–Crippen LogP) is 4.24. The van der Waals surface area contributed by atoms with E-state index in [1.807, 2.05) is 30.3 Å². The van der Waals surface area contributed by atoms with Crippen molar-refractivity contribution in [2.45, 2.75) is 11.4 Å². The highest BCUT2D eigenvalue weighted by molar-refractivity contribution is 7.97. The predicted molar refractivity (Wildman–Crippen MR) is 109 cm³/mol. The van der Waals surface area contributed by atoms with Gasteiger partial charge in [0.1, 0.15) is 11.4 Å². The second kappa shape index (κ2) is 8.07. The van der Waals surface area contributed by atoms with Gasteiger partial charge in [0.15, 0.2) is 5.71 Å². The Kier molecular flexibility index (Phi) is 5.18. The third-order valence-electron chi connectivity index (χ3n) is 4.02. The third-order valence-corrected chi connectivity index (χ3v) is 4.79. The summed E-state index contributed by atoms with van der Waals surface area (Å²) < 4.78 is 8.49. The fourth-order valence-corrected chi connectivity index (χ4v) is 3.37. The summed E-state index contributed by atoms with van der Waals surface area (Å²) >= 11 is 1.43. The molecule has 0 radical (unpaired) electrons. The lowest BCUT2D eigenvalue weighted by Crippen LogP contribution is -2.15. The number of nitrogens with one attached hydrogen (secondary N) is 3. The number of fused-ring (bicyclic) bond motifs is 1. The summed E-state index contributed by atoms with van der Waals surface area (Å²) in [4.78, 5) is 24.1. The number of hydrazone groups is 1. The molecule has 8 nitrogen and oxygen atoms in total. The second-order valence-corrected chi connectivity index (χ2v) is 6.81. The normalized spacial score (nSPS) is 14.0. The van der Waals surface area contributed by atoms with Gasteiger partial charge >= 0.3 is 0 Å². The number of nitrogens with zero attached hydrogens (tertiary/aromatic N) is 2. The highest BCUT2D eigenvalue weighted by atomic mass is 32.2. The molecule has 0 aliphatic carbocycles. The van der Waals surface area contributed by atoms with E-state index in [0.717, 1.165) is 10.7 Å². The van der Waals surface area contributed by atoms with Gasteiger partial charge in [-0.3, -0.25) is 14.9 Å². The molecule has 0 saturated carbocycles. The minimum Gasteiger partial charge on any atom is -0.468 e. The van der Waals surface area contributed by atoms with Gasteiger partial charge in [-0.1, -0.05) is 12.1 Å². The van der Waals surface area contributed by atoms with Crippen molar-refractivity contribution in [1.82, 2.24) is 4.72 Å². The number of carbonyl (C=O) groups excluding carboxylic acids is 1. The number of para-hydroxylation sites is 1. The van der Waals surface area contributed by atoms with Crippen LogP contribution in [0.3, 0.4) is 0 Å². The van der Waals surface area contributed by atoms with Crippen LogP contribution < -0.4 is 15.5 Å². The average Bonchev–Trinajstić information content (AvgIpc) is 3.34. The minimum atomic E-state index is -0.315. The van der Waals surface area contributed by atoms with E-state index in [0.29, 0.717) is 23.5 Å². The fraction of sp³-hybridized carbons (Fsp3) is 0.0526. The number of furan rings is 1. The number of amides is 1. The molecular formula is C19H15N5O3S. The van der Waals surface area contributed by atoms with Crippen molar-refractivity contribution in [2.24, 2.45) is 10.3 Å². The molecule has 0 spiro atoms. The molecule has 1 aromatic heterocycles. The Morgan fingerprint density at radius 2 is 2.00 bits per heavy atom. The molecule has 3 N–H and O–H groups in total. The van der Waals surface area contributed by atoms with Crippen LogP contribution in [0.4, 0.5) is 17.1 Å². The lowest BCUT2D eigenvalue weighted by Gasteiger charge is -2.06. The van der Waals surface area contributed by atoms with Gasteiger partial charge in [-0.25, -0.2) is 0 Å². The third kappa shape index (κ3) is 3.80. The molecule has 28 heavy (non-hydrogen) atoms. The highest BCUT2D eigenvalue weighted by Gasteiger charge is 2.26. The summed E-state index contributed by atoms with van der Waals surface area (Å²) in [6, 6.07) is 16.0. The van der Waals surface area contributed by atoms with Gasteiger partial charge in [-0.2, -0.15) is 5.10 Å². The first kappa shape index (κ1) is 18.0. The molecule has 2 aromatic carbocycles. The van der Waals surface area contributed by atoms with E-state index in [9.17, 15) is 9.70 Å². The quantitative estimate of drug-likeness (QED) is 0.315. The lowest BCUT2D eigenvalue weighted by atomic mass is 10.1. The summed E-state index contributed by atoms with van der Waals surface area (Å²) in [6.07, 6.45) is 1.63. The SMILES string of the molecule is O=Nc1ccccc1N/N=C1\C(=O)Nc2ccc(SNCc3ccco3)cc21. The smallest absolute Gasteiger partial charge is 0.276 e. The summed E-state index contributed by atoms with van der Waals surface area (Å²) in [5.41, 5.74) is 5.01. The molecule has 0 bridgehead atoms. The van der Waals surface area contributed by atoms with Crippen LogP contribution in [0.1, 0.15) is 11.3 Å². The van der Waals surface area contributed by atoms with Crippen LogP contribution in [0.15, 0.2) is 80.5 Å². The largest absolute Gasteiger partial charge is 0.468 e. The highest BCUT2D eigenvalue weighted by Crippen LogP contribution is 2.29. The van der Waals surface area contributed by atoms with Crippen LogP contribution in [-0.2, 0) is 11.3 Å². The molecule has 0 atom stereocenters. The lowest BCUT2D eigenvalue weighted by molar-refractivity contribution is -0.110. The fourth-order valence-electron chi connectivity index (χ4n) is 2.67. The molecule has 0 unspecified atom stereocenters. The van der Waals surface area contributed by atoms with Crippen molar-refractivity contribution in [3.8, 4) is 0 Å². The maximum atomic E-state index is 12.3. The van der Waals surface area contributed by atoms with Crippen molar-refractivity contribution >= 4 is 40.6 Å². The van der Waals surface area contributed by atoms with E-state index in [1.54, 1.807) is 30.5 Å². The molecule has 0 saturated heterocycles. The number of anilines is 2. The Balaban J connectivity index is 1.51. The topological polar surface area (TPSA) is 108 Å². The number of nitroso groups, excluding NO2 is 1. The standard InChI is InChI=1S/C19H15N5O3S/c25-19-18(23-22-16-5-1-2-6-17(16)24-26)14-10-13(7-8-15(14)21-19)28-20-11-12-4-3-9-27-12/h1-10,20,22H,11H2,(H,21,23,25). The Bertz CT molecular complexity index is 1050. The molecule has 3 aromatic rings. The molecule has 9 heteroatoms. The summed E-state index contributed by atoms with van der Waals surface area (Å²) in [5.74, 6) is 0.518. The van der Waals surface area contributed by atoms with Gasteiger partial charge in [-0.05, 0) is 59.6 Å². The van der Waals surface area contributed by atoms with Crippen LogP contribution in [0.25, 0.3) is 0 Å². The van der Waals surface area contributed by atoms with Crippen LogP contribution in [-0.4, -0.2) is 11.6 Å². The van der Waals surface area contributed by atoms with E-state index in [4.69, 9.17) is 4.42 Å². The van der Waals surface area contributed by atoms with Crippen molar-refractivity contribution < 1.29 is 9.21 Å².